The summed E-state index contributed by atoms with van der Waals surface area (Å²) in [6.07, 6.45) is 0.993. The van der Waals surface area contributed by atoms with E-state index in [1.54, 1.807) is 6.92 Å². The maximum Gasteiger partial charge on any atom is 0.160 e. The molecule has 1 aromatic rings. The van der Waals surface area contributed by atoms with Crippen LogP contribution >= 0.6 is 0 Å². The molecule has 1 rings (SSSR count). The van der Waals surface area contributed by atoms with Crippen LogP contribution in [0.3, 0.4) is 0 Å². The number of carbonyl (C=O) groups excluding carboxylic acids is 1. The molecule has 0 bridgehead atoms. The van der Waals surface area contributed by atoms with E-state index in [9.17, 15) is 4.79 Å². The molecule has 0 radical (unpaired) electrons. The van der Waals surface area contributed by atoms with Crippen LogP contribution < -0.4 is 4.74 Å². The maximum absolute atomic E-state index is 11.4. The highest BCUT2D eigenvalue weighted by atomic mass is 16.5. The Kier molecular flexibility index (Phi) is 3.89. The highest BCUT2D eigenvalue weighted by Gasteiger charge is 2.09. The third-order valence-electron chi connectivity index (χ3n) is 2.33. The Morgan fingerprint density at radius 3 is 2.20 bits per heavy atom. The monoisotopic (exact) mass is 206 g/mol. The zero-order valence-electron chi connectivity index (χ0n) is 9.89. The average Bonchev–Trinajstić information content (AvgIpc) is 2.12. The normalized spacial score (nSPS) is 10.1. The molecular formula is C13H18O2. The van der Waals surface area contributed by atoms with E-state index in [1.807, 2.05) is 26.0 Å². The minimum atomic E-state index is 0.118. The summed E-state index contributed by atoms with van der Waals surface area (Å²) in [5, 5.41) is 0. The number of aryl methyl sites for hydroxylation is 2. The lowest BCUT2D eigenvalue weighted by atomic mass is 9.99. The quantitative estimate of drug-likeness (QED) is 0.706. The molecule has 0 aliphatic rings. The fourth-order valence-electron chi connectivity index (χ4n) is 1.78. The van der Waals surface area contributed by atoms with Gasteiger partial charge in [-0.3, -0.25) is 4.79 Å². The number of hydrogen-bond donors (Lipinski definition) is 0. The van der Waals surface area contributed by atoms with E-state index >= 15 is 0 Å². The van der Waals surface area contributed by atoms with Crippen LogP contribution in [0.25, 0.3) is 0 Å². The smallest absolute Gasteiger partial charge is 0.160 e. The lowest BCUT2D eigenvalue weighted by Gasteiger charge is -2.11. The van der Waals surface area contributed by atoms with Gasteiger partial charge in [0.25, 0.3) is 0 Å². The summed E-state index contributed by atoms with van der Waals surface area (Å²) in [4.78, 5) is 11.4. The molecule has 0 heterocycles. The molecule has 0 saturated carbocycles. The number of ether oxygens (including phenoxy) is 1. The molecule has 0 unspecified atom stereocenters. The Morgan fingerprint density at radius 1 is 1.27 bits per heavy atom. The molecule has 0 fully saturated rings. The summed E-state index contributed by atoms with van der Waals surface area (Å²) < 4.78 is 5.54. The number of Topliss-reactive ketones (excluding diaryl/α,β-unsaturated/α-hetero) is 1. The van der Waals surface area contributed by atoms with Crippen molar-refractivity contribution in [3.63, 3.8) is 0 Å². The van der Waals surface area contributed by atoms with Crippen molar-refractivity contribution in [1.29, 1.82) is 0 Å². The molecule has 2 nitrogen and oxygen atoms in total. The van der Waals surface area contributed by atoms with E-state index in [2.05, 4.69) is 6.92 Å². The highest BCUT2D eigenvalue weighted by molar-refractivity contribution is 5.97. The summed E-state index contributed by atoms with van der Waals surface area (Å²) in [5.74, 6) is 0.976. The van der Waals surface area contributed by atoms with Gasteiger partial charge in [0.15, 0.2) is 5.78 Å². The van der Waals surface area contributed by atoms with Crippen LogP contribution in [0.2, 0.25) is 0 Å². The number of benzene rings is 1. The molecule has 0 saturated heterocycles. The fraction of sp³-hybridized carbons (Fsp3) is 0.462. The van der Waals surface area contributed by atoms with Gasteiger partial charge in [-0.1, -0.05) is 6.92 Å². The van der Waals surface area contributed by atoms with Gasteiger partial charge in [-0.05, 0) is 50.5 Å². The van der Waals surface area contributed by atoms with E-state index in [1.165, 1.54) is 0 Å². The molecule has 82 valence electrons. The van der Waals surface area contributed by atoms with Gasteiger partial charge >= 0.3 is 0 Å². The van der Waals surface area contributed by atoms with E-state index in [4.69, 9.17) is 4.74 Å². The van der Waals surface area contributed by atoms with Crippen molar-refractivity contribution in [2.75, 3.05) is 6.61 Å². The molecular weight excluding hydrogens is 188 g/mol. The summed E-state index contributed by atoms with van der Waals surface area (Å²) in [5.41, 5.74) is 2.81. The predicted molar refractivity (Wildman–Crippen MR) is 61.7 cm³/mol. The predicted octanol–water partition coefficient (Wildman–Crippen LogP) is 3.29. The summed E-state index contributed by atoms with van der Waals surface area (Å²) in [6, 6.07) is 3.86. The molecule has 0 N–H and O–H groups in total. The first-order chi connectivity index (χ1) is 7.06. The van der Waals surface area contributed by atoms with Gasteiger partial charge in [0.1, 0.15) is 5.75 Å². The Hall–Kier alpha value is -1.31. The molecule has 1 aromatic carbocycles. The first kappa shape index (κ1) is 11.8. The van der Waals surface area contributed by atoms with Crippen molar-refractivity contribution < 1.29 is 9.53 Å². The fourth-order valence-corrected chi connectivity index (χ4v) is 1.78. The van der Waals surface area contributed by atoms with Crippen molar-refractivity contribution in [2.24, 2.45) is 0 Å². The maximum atomic E-state index is 11.4. The minimum absolute atomic E-state index is 0.118. The van der Waals surface area contributed by atoms with Crippen molar-refractivity contribution in [2.45, 2.75) is 34.1 Å². The number of ketones is 1. The van der Waals surface area contributed by atoms with Crippen LogP contribution in [-0.2, 0) is 0 Å². The zero-order chi connectivity index (χ0) is 11.4. The van der Waals surface area contributed by atoms with Crippen molar-refractivity contribution in [3.05, 3.63) is 28.8 Å². The summed E-state index contributed by atoms with van der Waals surface area (Å²) in [7, 11) is 0. The van der Waals surface area contributed by atoms with E-state index in [0.29, 0.717) is 0 Å². The van der Waals surface area contributed by atoms with Gasteiger partial charge in [0, 0.05) is 5.56 Å². The summed E-state index contributed by atoms with van der Waals surface area (Å²) >= 11 is 0. The topological polar surface area (TPSA) is 26.3 Å². The molecule has 15 heavy (non-hydrogen) atoms. The SMILES string of the molecule is CCCOc1cc(C)c(C(C)=O)c(C)c1. The molecule has 0 aliphatic heterocycles. The van der Waals surface area contributed by atoms with Crippen LogP contribution in [0.4, 0.5) is 0 Å². The standard InChI is InChI=1S/C13H18O2/c1-5-6-15-12-7-9(2)13(11(4)14)10(3)8-12/h7-8H,5-6H2,1-4H3. The second-order valence-electron chi connectivity index (χ2n) is 3.84. The van der Waals surface area contributed by atoms with Gasteiger partial charge in [0.2, 0.25) is 0 Å². The van der Waals surface area contributed by atoms with Gasteiger partial charge in [0.05, 0.1) is 6.61 Å². The first-order valence-corrected chi connectivity index (χ1v) is 5.31. The van der Waals surface area contributed by atoms with Crippen LogP contribution in [0.1, 0.15) is 41.8 Å². The van der Waals surface area contributed by atoms with Crippen LogP contribution in [0.15, 0.2) is 12.1 Å². The Balaban J connectivity index is 3.03. The minimum Gasteiger partial charge on any atom is -0.494 e. The van der Waals surface area contributed by atoms with Crippen molar-refractivity contribution in [3.8, 4) is 5.75 Å². The molecule has 0 aromatic heterocycles. The molecule has 0 amide bonds. The second-order valence-corrected chi connectivity index (χ2v) is 3.84. The Labute approximate surface area is 91.3 Å². The third-order valence-corrected chi connectivity index (χ3v) is 2.33. The highest BCUT2D eigenvalue weighted by Crippen LogP contribution is 2.22. The van der Waals surface area contributed by atoms with E-state index < -0.39 is 0 Å². The Morgan fingerprint density at radius 2 is 1.80 bits per heavy atom. The first-order valence-electron chi connectivity index (χ1n) is 5.31. The van der Waals surface area contributed by atoms with Crippen LogP contribution in [-0.4, -0.2) is 12.4 Å². The van der Waals surface area contributed by atoms with Gasteiger partial charge in [-0.15, -0.1) is 0 Å². The number of rotatable bonds is 4. The third kappa shape index (κ3) is 2.82. The van der Waals surface area contributed by atoms with E-state index in [-0.39, 0.29) is 5.78 Å². The van der Waals surface area contributed by atoms with Gasteiger partial charge in [-0.25, -0.2) is 0 Å². The van der Waals surface area contributed by atoms with Crippen LogP contribution in [0.5, 0.6) is 5.75 Å². The second kappa shape index (κ2) is 4.96. The molecule has 0 aliphatic carbocycles. The van der Waals surface area contributed by atoms with Crippen molar-refractivity contribution in [1.82, 2.24) is 0 Å². The average molecular weight is 206 g/mol. The zero-order valence-corrected chi connectivity index (χ0v) is 9.89. The van der Waals surface area contributed by atoms with Gasteiger partial charge < -0.3 is 4.74 Å². The molecule has 0 spiro atoms. The summed E-state index contributed by atoms with van der Waals surface area (Å²) in [6.45, 7) is 8.29. The number of hydrogen-bond acceptors (Lipinski definition) is 2. The largest absolute Gasteiger partial charge is 0.494 e. The lowest BCUT2D eigenvalue weighted by molar-refractivity contribution is 0.101. The molecule has 2 heteroatoms. The Bertz CT molecular complexity index is 344. The molecule has 0 atom stereocenters. The van der Waals surface area contributed by atoms with Crippen molar-refractivity contribution >= 4 is 5.78 Å². The van der Waals surface area contributed by atoms with E-state index in [0.717, 1.165) is 35.5 Å². The van der Waals surface area contributed by atoms with Crippen LogP contribution in [0, 0.1) is 13.8 Å². The van der Waals surface area contributed by atoms with Gasteiger partial charge in [-0.2, -0.15) is 0 Å². The lowest BCUT2D eigenvalue weighted by Crippen LogP contribution is -2.02. The number of carbonyl (C=O) groups is 1.